The molecule has 0 atom stereocenters. The molecule has 2 heterocycles. The molecular weight excluding hydrogens is 370 g/mol. The molecule has 0 aliphatic heterocycles. The molecule has 0 unspecified atom stereocenters. The summed E-state index contributed by atoms with van der Waals surface area (Å²) in [5.41, 5.74) is 7.52. The Bertz CT molecular complexity index is 1230. The van der Waals surface area contributed by atoms with Crippen LogP contribution in [0.5, 0.6) is 0 Å². The number of sulfone groups is 1. The van der Waals surface area contributed by atoms with Crippen molar-refractivity contribution in [3.63, 3.8) is 0 Å². The summed E-state index contributed by atoms with van der Waals surface area (Å²) >= 11 is 0. The molecule has 0 aliphatic carbocycles. The second kappa shape index (κ2) is 6.84. The zero-order valence-corrected chi connectivity index (χ0v) is 16.8. The molecule has 0 N–H and O–H groups in total. The van der Waals surface area contributed by atoms with Crippen molar-refractivity contribution in [2.75, 3.05) is 6.26 Å². The van der Waals surface area contributed by atoms with Crippen LogP contribution in [-0.4, -0.2) is 19.2 Å². The maximum atomic E-state index is 11.7. The smallest absolute Gasteiger partial charge is 0.175 e. The minimum Gasteiger partial charge on any atom is -0.472 e. The molecule has 0 amide bonds. The van der Waals surface area contributed by atoms with Crippen molar-refractivity contribution < 1.29 is 12.8 Å². The summed E-state index contributed by atoms with van der Waals surface area (Å²) in [5, 5.41) is 0. The molecule has 4 rings (SSSR count). The lowest BCUT2D eigenvalue weighted by Crippen LogP contribution is -2.01. The predicted octanol–water partition coefficient (Wildman–Crippen LogP) is 5.42. The van der Waals surface area contributed by atoms with Crippen molar-refractivity contribution >= 4 is 9.84 Å². The number of benzene rings is 2. The molecule has 4 nitrogen and oxygen atoms in total. The molecule has 0 saturated heterocycles. The van der Waals surface area contributed by atoms with E-state index in [1.54, 1.807) is 24.7 Å². The minimum absolute atomic E-state index is 0.325. The first-order valence-electron chi connectivity index (χ1n) is 8.97. The second-order valence-electron chi connectivity index (χ2n) is 7.00. The molecule has 142 valence electrons. The van der Waals surface area contributed by atoms with E-state index in [1.807, 2.05) is 18.2 Å². The third kappa shape index (κ3) is 3.29. The van der Waals surface area contributed by atoms with Gasteiger partial charge in [-0.15, -0.1) is 0 Å². The zero-order valence-electron chi connectivity index (χ0n) is 16.0. The Morgan fingerprint density at radius 2 is 1.61 bits per heavy atom. The van der Waals surface area contributed by atoms with Gasteiger partial charge in [-0.3, -0.25) is 0 Å². The summed E-state index contributed by atoms with van der Waals surface area (Å²) in [6, 6.07) is 19.5. The van der Waals surface area contributed by atoms with Gasteiger partial charge in [0.1, 0.15) is 0 Å². The fraction of sp³-hybridized carbons (Fsp3) is 0.130. The Labute approximate surface area is 165 Å². The summed E-state index contributed by atoms with van der Waals surface area (Å²) in [6.07, 6.45) is 4.65. The molecule has 0 bridgehead atoms. The van der Waals surface area contributed by atoms with Crippen LogP contribution in [-0.2, 0) is 9.84 Å². The van der Waals surface area contributed by atoms with Crippen molar-refractivity contribution in [2.24, 2.45) is 0 Å². The van der Waals surface area contributed by atoms with Crippen LogP contribution < -0.4 is 0 Å². The second-order valence-corrected chi connectivity index (χ2v) is 9.02. The lowest BCUT2D eigenvalue weighted by Gasteiger charge is -2.15. The average molecular weight is 391 g/mol. The summed E-state index contributed by atoms with van der Waals surface area (Å²) in [5.74, 6) is 0. The number of aryl methyl sites for hydroxylation is 2. The van der Waals surface area contributed by atoms with Gasteiger partial charge in [-0.25, -0.2) is 8.42 Å². The van der Waals surface area contributed by atoms with Gasteiger partial charge in [0.2, 0.25) is 0 Å². The summed E-state index contributed by atoms with van der Waals surface area (Å²) in [7, 11) is -3.21. The highest BCUT2D eigenvalue weighted by molar-refractivity contribution is 7.90. The highest BCUT2D eigenvalue weighted by Crippen LogP contribution is 2.31. The van der Waals surface area contributed by atoms with Gasteiger partial charge in [-0.05, 0) is 73.0 Å². The zero-order chi connectivity index (χ0) is 19.9. The van der Waals surface area contributed by atoms with Gasteiger partial charge in [0, 0.05) is 23.2 Å². The standard InChI is InChI=1S/C23H21NO3S/c1-16-14-20(7-10-22(16)19-12-13-27-15-19)24-17(2)4-11-23(24)18-5-8-21(9-6-18)28(3,25)26/h4-15H,1-3H3. The summed E-state index contributed by atoms with van der Waals surface area (Å²) in [6.45, 7) is 4.15. The van der Waals surface area contributed by atoms with Crippen LogP contribution in [0.25, 0.3) is 28.1 Å². The molecule has 5 heteroatoms. The highest BCUT2D eigenvalue weighted by atomic mass is 32.2. The van der Waals surface area contributed by atoms with E-state index in [9.17, 15) is 8.42 Å². The van der Waals surface area contributed by atoms with Crippen molar-refractivity contribution in [3.05, 3.63) is 84.4 Å². The van der Waals surface area contributed by atoms with E-state index in [-0.39, 0.29) is 0 Å². The van der Waals surface area contributed by atoms with E-state index >= 15 is 0 Å². The summed E-state index contributed by atoms with van der Waals surface area (Å²) < 4.78 is 30.8. The van der Waals surface area contributed by atoms with Crippen LogP contribution in [0.2, 0.25) is 0 Å². The van der Waals surface area contributed by atoms with Gasteiger partial charge < -0.3 is 8.98 Å². The molecule has 2 aromatic carbocycles. The topological polar surface area (TPSA) is 52.2 Å². The number of aromatic nitrogens is 1. The molecular formula is C23H21NO3S. The first kappa shape index (κ1) is 18.3. The van der Waals surface area contributed by atoms with Gasteiger partial charge in [0.15, 0.2) is 9.84 Å². The maximum absolute atomic E-state index is 11.7. The Balaban J connectivity index is 1.78. The third-order valence-corrected chi connectivity index (χ3v) is 6.08. The van der Waals surface area contributed by atoms with Gasteiger partial charge in [-0.2, -0.15) is 0 Å². The van der Waals surface area contributed by atoms with Gasteiger partial charge in [-0.1, -0.05) is 18.2 Å². The predicted molar refractivity (Wildman–Crippen MR) is 111 cm³/mol. The Morgan fingerprint density at radius 1 is 0.857 bits per heavy atom. The third-order valence-electron chi connectivity index (χ3n) is 4.95. The fourth-order valence-corrected chi connectivity index (χ4v) is 4.14. The number of hydrogen-bond donors (Lipinski definition) is 0. The Morgan fingerprint density at radius 3 is 2.21 bits per heavy atom. The maximum Gasteiger partial charge on any atom is 0.175 e. The Hall–Kier alpha value is -3.05. The van der Waals surface area contributed by atoms with Crippen LogP contribution in [0.3, 0.4) is 0 Å². The largest absolute Gasteiger partial charge is 0.472 e. The SMILES string of the molecule is Cc1cc(-n2c(C)ccc2-c2ccc(S(C)(=O)=O)cc2)ccc1-c1ccoc1. The molecule has 0 fully saturated rings. The van der Waals surface area contributed by atoms with Crippen LogP contribution in [0, 0.1) is 13.8 Å². The highest BCUT2D eigenvalue weighted by Gasteiger charge is 2.13. The van der Waals surface area contributed by atoms with Gasteiger partial charge >= 0.3 is 0 Å². The lowest BCUT2D eigenvalue weighted by atomic mass is 10.0. The van der Waals surface area contributed by atoms with Crippen molar-refractivity contribution in [1.82, 2.24) is 4.57 Å². The van der Waals surface area contributed by atoms with Crippen LogP contribution in [0.1, 0.15) is 11.3 Å². The summed E-state index contributed by atoms with van der Waals surface area (Å²) in [4.78, 5) is 0.325. The molecule has 0 saturated carbocycles. The van der Waals surface area contributed by atoms with E-state index in [0.717, 1.165) is 39.3 Å². The number of hydrogen-bond acceptors (Lipinski definition) is 3. The molecule has 4 aromatic rings. The van der Waals surface area contributed by atoms with E-state index in [0.29, 0.717) is 4.90 Å². The molecule has 2 aromatic heterocycles. The van der Waals surface area contributed by atoms with E-state index < -0.39 is 9.84 Å². The number of furan rings is 1. The lowest BCUT2D eigenvalue weighted by molar-refractivity contribution is 0.568. The van der Waals surface area contributed by atoms with E-state index in [1.165, 1.54) is 6.26 Å². The Kier molecular flexibility index (Phi) is 4.47. The minimum atomic E-state index is -3.21. The van der Waals surface area contributed by atoms with Crippen molar-refractivity contribution in [2.45, 2.75) is 18.7 Å². The van der Waals surface area contributed by atoms with E-state index in [4.69, 9.17) is 4.42 Å². The number of nitrogens with zero attached hydrogens (tertiary/aromatic N) is 1. The van der Waals surface area contributed by atoms with Crippen LogP contribution in [0.15, 0.2) is 82.5 Å². The van der Waals surface area contributed by atoms with Gasteiger partial charge in [0.25, 0.3) is 0 Å². The first-order chi connectivity index (χ1) is 13.3. The molecule has 28 heavy (non-hydrogen) atoms. The number of rotatable bonds is 4. The fourth-order valence-electron chi connectivity index (χ4n) is 3.51. The quantitative estimate of drug-likeness (QED) is 0.466. The molecule has 0 spiro atoms. The molecule has 0 aliphatic rings. The average Bonchev–Trinajstić information content (AvgIpc) is 3.31. The molecule has 0 radical (unpaired) electrons. The van der Waals surface area contributed by atoms with Crippen LogP contribution >= 0.6 is 0 Å². The first-order valence-corrected chi connectivity index (χ1v) is 10.9. The van der Waals surface area contributed by atoms with E-state index in [2.05, 4.69) is 48.7 Å². The monoisotopic (exact) mass is 391 g/mol. The van der Waals surface area contributed by atoms with Crippen molar-refractivity contribution in [3.8, 4) is 28.1 Å². The van der Waals surface area contributed by atoms with Gasteiger partial charge in [0.05, 0.1) is 23.1 Å². The van der Waals surface area contributed by atoms with Crippen LogP contribution in [0.4, 0.5) is 0 Å². The normalized spacial score (nSPS) is 11.7. The van der Waals surface area contributed by atoms with Crippen molar-refractivity contribution in [1.29, 1.82) is 0 Å².